The summed E-state index contributed by atoms with van der Waals surface area (Å²) in [5.74, 6) is 1.22. The minimum atomic E-state index is -0.0454. The summed E-state index contributed by atoms with van der Waals surface area (Å²) in [6, 6.07) is 29.9. The standard InChI is InChI=1S/C27H27N3O2/c1-21(23-13-7-3-8-14-23)30(26(31)18-17-22-11-5-2-6-12-22)20-19-25-28-27(29-32-25)24-15-9-4-10-16-24/h2-16,21H,17-20H2,1H3/t21-/m1/s1. The van der Waals surface area contributed by atoms with Crippen LogP contribution >= 0.6 is 0 Å². The molecule has 4 aromatic rings. The van der Waals surface area contributed by atoms with Crippen LogP contribution in [-0.2, 0) is 17.6 Å². The number of hydrogen-bond acceptors (Lipinski definition) is 4. The van der Waals surface area contributed by atoms with Crippen LogP contribution in [0.5, 0.6) is 0 Å². The van der Waals surface area contributed by atoms with E-state index in [1.165, 1.54) is 0 Å². The Bertz CT molecular complexity index is 1110. The van der Waals surface area contributed by atoms with Crippen molar-refractivity contribution in [3.63, 3.8) is 0 Å². The van der Waals surface area contributed by atoms with Gasteiger partial charge in [0, 0.05) is 24.9 Å². The van der Waals surface area contributed by atoms with Crippen molar-refractivity contribution in [3.8, 4) is 11.4 Å². The molecule has 4 rings (SSSR count). The highest BCUT2D eigenvalue weighted by molar-refractivity contribution is 5.77. The maximum Gasteiger partial charge on any atom is 0.228 e. The van der Waals surface area contributed by atoms with Crippen LogP contribution in [0.3, 0.4) is 0 Å². The van der Waals surface area contributed by atoms with Crippen LogP contribution in [0.2, 0.25) is 0 Å². The fourth-order valence-corrected chi connectivity index (χ4v) is 3.76. The zero-order valence-corrected chi connectivity index (χ0v) is 18.2. The number of aryl methyl sites for hydroxylation is 1. The van der Waals surface area contributed by atoms with E-state index in [1.807, 2.05) is 71.6 Å². The van der Waals surface area contributed by atoms with Crippen LogP contribution in [0, 0.1) is 0 Å². The molecule has 0 radical (unpaired) electrons. The highest BCUT2D eigenvalue weighted by Crippen LogP contribution is 2.22. The molecular formula is C27H27N3O2. The van der Waals surface area contributed by atoms with Gasteiger partial charge in [0.1, 0.15) is 0 Å². The highest BCUT2D eigenvalue weighted by Gasteiger charge is 2.22. The normalized spacial score (nSPS) is 11.8. The quantitative estimate of drug-likeness (QED) is 0.355. The smallest absolute Gasteiger partial charge is 0.228 e. The molecule has 0 aliphatic carbocycles. The van der Waals surface area contributed by atoms with Crippen molar-refractivity contribution >= 4 is 5.91 Å². The Balaban J connectivity index is 1.46. The molecule has 0 bridgehead atoms. The van der Waals surface area contributed by atoms with Gasteiger partial charge in [-0.25, -0.2) is 0 Å². The van der Waals surface area contributed by atoms with Gasteiger partial charge in [0.25, 0.3) is 0 Å². The summed E-state index contributed by atoms with van der Waals surface area (Å²) in [6.45, 7) is 2.58. The largest absolute Gasteiger partial charge is 0.339 e. The van der Waals surface area contributed by atoms with Crippen molar-refractivity contribution in [2.45, 2.75) is 32.2 Å². The highest BCUT2D eigenvalue weighted by atomic mass is 16.5. The van der Waals surface area contributed by atoms with Crippen molar-refractivity contribution in [1.29, 1.82) is 0 Å². The molecule has 5 heteroatoms. The van der Waals surface area contributed by atoms with Gasteiger partial charge in [-0.05, 0) is 24.5 Å². The first-order chi connectivity index (χ1) is 15.7. The van der Waals surface area contributed by atoms with E-state index in [4.69, 9.17) is 4.52 Å². The number of nitrogens with zero attached hydrogens (tertiary/aromatic N) is 3. The Kier molecular flexibility index (Phi) is 7.08. The van der Waals surface area contributed by atoms with Crippen LogP contribution in [0.1, 0.15) is 36.4 Å². The second-order valence-corrected chi connectivity index (χ2v) is 7.79. The fraction of sp³-hybridized carbons (Fsp3) is 0.222. The number of benzene rings is 3. The average Bonchev–Trinajstić information content (AvgIpc) is 3.33. The van der Waals surface area contributed by atoms with Crippen molar-refractivity contribution in [2.24, 2.45) is 0 Å². The predicted molar refractivity (Wildman–Crippen MR) is 125 cm³/mol. The van der Waals surface area contributed by atoms with Crippen molar-refractivity contribution in [3.05, 3.63) is 108 Å². The lowest BCUT2D eigenvalue weighted by Crippen LogP contribution is -2.35. The molecule has 0 saturated heterocycles. The number of carbonyl (C=O) groups is 1. The Labute approximate surface area is 188 Å². The van der Waals surface area contributed by atoms with Gasteiger partial charge in [-0.15, -0.1) is 0 Å². The van der Waals surface area contributed by atoms with E-state index in [-0.39, 0.29) is 11.9 Å². The lowest BCUT2D eigenvalue weighted by molar-refractivity contribution is -0.133. The van der Waals surface area contributed by atoms with Gasteiger partial charge < -0.3 is 9.42 Å². The summed E-state index contributed by atoms with van der Waals surface area (Å²) in [5, 5.41) is 4.10. The minimum absolute atomic E-state index is 0.0454. The zero-order chi connectivity index (χ0) is 22.2. The molecule has 162 valence electrons. The van der Waals surface area contributed by atoms with E-state index in [9.17, 15) is 4.79 Å². The molecule has 0 aliphatic heterocycles. The van der Waals surface area contributed by atoms with Crippen LogP contribution in [-0.4, -0.2) is 27.5 Å². The fourth-order valence-electron chi connectivity index (χ4n) is 3.76. The van der Waals surface area contributed by atoms with Crippen LogP contribution < -0.4 is 0 Å². The van der Waals surface area contributed by atoms with E-state index in [0.717, 1.165) is 23.1 Å². The molecule has 0 N–H and O–H groups in total. The molecule has 0 saturated carbocycles. The lowest BCUT2D eigenvalue weighted by atomic mass is 10.0. The number of hydrogen-bond donors (Lipinski definition) is 0. The van der Waals surface area contributed by atoms with E-state index < -0.39 is 0 Å². The van der Waals surface area contributed by atoms with E-state index in [1.54, 1.807) is 0 Å². The Morgan fingerprint density at radius 3 is 2.19 bits per heavy atom. The third kappa shape index (κ3) is 5.49. The summed E-state index contributed by atoms with van der Waals surface area (Å²) in [4.78, 5) is 19.7. The number of carbonyl (C=O) groups excluding carboxylic acids is 1. The van der Waals surface area contributed by atoms with E-state index >= 15 is 0 Å². The number of amides is 1. The van der Waals surface area contributed by atoms with Gasteiger partial charge in [0.15, 0.2) is 0 Å². The molecular weight excluding hydrogens is 398 g/mol. The molecule has 3 aromatic carbocycles. The molecule has 0 spiro atoms. The second-order valence-electron chi connectivity index (χ2n) is 7.79. The van der Waals surface area contributed by atoms with Gasteiger partial charge in [0.05, 0.1) is 6.04 Å². The summed E-state index contributed by atoms with van der Waals surface area (Å²) >= 11 is 0. The van der Waals surface area contributed by atoms with E-state index in [0.29, 0.717) is 31.1 Å². The van der Waals surface area contributed by atoms with Crippen molar-refractivity contribution in [2.75, 3.05) is 6.54 Å². The summed E-state index contributed by atoms with van der Waals surface area (Å²) < 4.78 is 5.46. The monoisotopic (exact) mass is 425 g/mol. The van der Waals surface area contributed by atoms with Gasteiger partial charge in [-0.1, -0.05) is 96.2 Å². The van der Waals surface area contributed by atoms with Gasteiger partial charge >= 0.3 is 0 Å². The third-order valence-corrected chi connectivity index (χ3v) is 5.61. The molecule has 0 fully saturated rings. The maximum absolute atomic E-state index is 13.2. The molecule has 32 heavy (non-hydrogen) atoms. The number of aromatic nitrogens is 2. The van der Waals surface area contributed by atoms with Gasteiger partial charge in [-0.2, -0.15) is 4.98 Å². The molecule has 0 unspecified atom stereocenters. The first-order valence-corrected chi connectivity index (χ1v) is 11.0. The second kappa shape index (κ2) is 10.5. The Morgan fingerprint density at radius 1 is 0.875 bits per heavy atom. The molecule has 5 nitrogen and oxygen atoms in total. The molecule has 1 atom stereocenters. The maximum atomic E-state index is 13.2. The first-order valence-electron chi connectivity index (χ1n) is 11.0. The Hall–Kier alpha value is -3.73. The van der Waals surface area contributed by atoms with Crippen LogP contribution in [0.15, 0.2) is 95.5 Å². The average molecular weight is 426 g/mol. The van der Waals surface area contributed by atoms with Crippen molar-refractivity contribution in [1.82, 2.24) is 15.0 Å². The Morgan fingerprint density at radius 2 is 1.50 bits per heavy atom. The molecule has 1 heterocycles. The SMILES string of the molecule is C[C@H](c1ccccc1)N(CCc1nc(-c2ccccc2)no1)C(=O)CCc1ccccc1. The summed E-state index contributed by atoms with van der Waals surface area (Å²) in [7, 11) is 0. The summed E-state index contributed by atoms with van der Waals surface area (Å²) in [6.07, 6.45) is 1.69. The topological polar surface area (TPSA) is 59.2 Å². The van der Waals surface area contributed by atoms with Gasteiger partial charge in [0.2, 0.25) is 17.6 Å². The van der Waals surface area contributed by atoms with E-state index in [2.05, 4.69) is 41.3 Å². The third-order valence-electron chi connectivity index (χ3n) is 5.61. The van der Waals surface area contributed by atoms with Gasteiger partial charge in [-0.3, -0.25) is 4.79 Å². The number of rotatable bonds is 9. The van der Waals surface area contributed by atoms with Crippen LogP contribution in [0.25, 0.3) is 11.4 Å². The molecule has 1 aromatic heterocycles. The zero-order valence-electron chi connectivity index (χ0n) is 18.2. The van der Waals surface area contributed by atoms with Crippen LogP contribution in [0.4, 0.5) is 0 Å². The molecule has 1 amide bonds. The summed E-state index contributed by atoms with van der Waals surface area (Å²) in [5.41, 5.74) is 3.18. The first kappa shape index (κ1) is 21.5. The van der Waals surface area contributed by atoms with Crippen molar-refractivity contribution < 1.29 is 9.32 Å². The minimum Gasteiger partial charge on any atom is -0.339 e. The lowest BCUT2D eigenvalue weighted by Gasteiger charge is -2.29. The predicted octanol–water partition coefficient (Wildman–Crippen LogP) is 5.50. The molecule has 0 aliphatic rings.